The third-order valence-corrected chi connectivity index (χ3v) is 2.48. The Morgan fingerprint density at radius 2 is 2.05 bits per heavy atom. The highest BCUT2D eigenvalue weighted by molar-refractivity contribution is 5.94. The highest BCUT2D eigenvalue weighted by Crippen LogP contribution is 2.22. The van der Waals surface area contributed by atoms with Crippen molar-refractivity contribution >= 4 is 17.9 Å². The minimum atomic E-state index is 0.0475. The number of terminal acetylenes is 1. The molecule has 3 heteroatoms. The van der Waals surface area contributed by atoms with Gasteiger partial charge in [0.1, 0.15) is 6.29 Å². The first-order valence-electron chi connectivity index (χ1n) is 5.96. The Labute approximate surface area is 118 Å². The fourth-order valence-corrected chi connectivity index (χ4v) is 1.61. The van der Waals surface area contributed by atoms with Gasteiger partial charge in [-0.05, 0) is 60.8 Å². The molecule has 98 valence electrons. The van der Waals surface area contributed by atoms with E-state index in [2.05, 4.69) is 34.9 Å². The van der Waals surface area contributed by atoms with E-state index >= 15 is 0 Å². The molecule has 0 aromatic heterocycles. The number of fused-ring (bicyclic) bond motifs is 1. The molecule has 0 saturated heterocycles. The van der Waals surface area contributed by atoms with Crippen LogP contribution in [0, 0.1) is 36.0 Å². The predicted molar refractivity (Wildman–Crippen MR) is 78.8 cm³/mol. The minimum Gasteiger partial charge on any atom is -0.326 e. The molecule has 0 fully saturated rings. The summed E-state index contributed by atoms with van der Waals surface area (Å²) in [5.74, 6) is 12.1. The van der Waals surface area contributed by atoms with Gasteiger partial charge >= 0.3 is 0 Å². The van der Waals surface area contributed by atoms with E-state index in [4.69, 9.17) is 6.42 Å². The van der Waals surface area contributed by atoms with Crippen LogP contribution in [-0.4, -0.2) is 12.2 Å². The number of carbonyl (C=O) groups excluding carboxylic acids is 2. The summed E-state index contributed by atoms with van der Waals surface area (Å²) in [6.07, 6.45) is 6.83. The maximum atomic E-state index is 11.0. The first-order chi connectivity index (χ1) is 9.71. The van der Waals surface area contributed by atoms with Crippen molar-refractivity contribution in [3.8, 4) is 36.0 Å². The molecule has 2 rings (SSSR count). The standard InChI is InChI=1S/C10H9NO2.C7H4/c12-6-7-1-3-9-8(5-7)2-4-10(13)11-9;1-3-5-7-6-4-2/h1,3,5-6H,2,4H2,(H,11,13);1H,2H3. The maximum Gasteiger partial charge on any atom is 0.224 e. The number of hydrogen-bond acceptors (Lipinski definition) is 2. The molecule has 0 bridgehead atoms. The third kappa shape index (κ3) is 4.73. The van der Waals surface area contributed by atoms with Crippen LogP contribution in [0.1, 0.15) is 29.3 Å². The van der Waals surface area contributed by atoms with Crippen LogP contribution in [0.15, 0.2) is 18.2 Å². The first kappa shape index (κ1) is 15.1. The van der Waals surface area contributed by atoms with Crippen LogP contribution in [0.25, 0.3) is 0 Å². The van der Waals surface area contributed by atoms with E-state index in [1.54, 1.807) is 19.1 Å². The van der Waals surface area contributed by atoms with E-state index in [9.17, 15) is 9.59 Å². The number of amides is 1. The van der Waals surface area contributed by atoms with E-state index in [-0.39, 0.29) is 5.91 Å². The molecule has 0 unspecified atom stereocenters. The number of aryl methyl sites for hydroxylation is 1. The maximum absolute atomic E-state index is 11.0. The molecule has 0 saturated carbocycles. The summed E-state index contributed by atoms with van der Waals surface area (Å²) in [7, 11) is 0. The highest BCUT2D eigenvalue weighted by Gasteiger charge is 2.14. The van der Waals surface area contributed by atoms with Crippen LogP contribution in [0.5, 0.6) is 0 Å². The van der Waals surface area contributed by atoms with Gasteiger partial charge in [-0.25, -0.2) is 0 Å². The molecule has 0 atom stereocenters. The molecule has 3 nitrogen and oxygen atoms in total. The molecule has 0 spiro atoms. The average molecular weight is 263 g/mol. The quantitative estimate of drug-likeness (QED) is 0.622. The number of benzene rings is 1. The lowest BCUT2D eigenvalue weighted by Gasteiger charge is -2.16. The SMILES string of the molecule is C#CC#CC#CC.O=Cc1ccc2c(c1)CCC(=O)N2. The van der Waals surface area contributed by atoms with Gasteiger partial charge in [0.2, 0.25) is 5.91 Å². The van der Waals surface area contributed by atoms with E-state index in [1.165, 1.54) is 0 Å². The number of rotatable bonds is 1. The normalized spacial score (nSPS) is 10.7. The van der Waals surface area contributed by atoms with Crippen LogP contribution in [-0.2, 0) is 11.2 Å². The van der Waals surface area contributed by atoms with Crippen molar-refractivity contribution in [3.63, 3.8) is 0 Å². The van der Waals surface area contributed by atoms with Crippen LogP contribution >= 0.6 is 0 Å². The zero-order chi connectivity index (χ0) is 14.8. The Bertz CT molecular complexity index is 673. The second-order valence-electron chi connectivity index (χ2n) is 3.85. The molecular formula is C17H13NO2. The van der Waals surface area contributed by atoms with Crippen molar-refractivity contribution in [3.05, 3.63) is 29.3 Å². The van der Waals surface area contributed by atoms with Crippen molar-refractivity contribution in [1.82, 2.24) is 0 Å². The van der Waals surface area contributed by atoms with Crippen molar-refractivity contribution < 1.29 is 9.59 Å². The number of anilines is 1. The second-order valence-corrected chi connectivity index (χ2v) is 3.85. The zero-order valence-corrected chi connectivity index (χ0v) is 11.1. The molecule has 1 amide bonds. The largest absolute Gasteiger partial charge is 0.326 e. The Balaban J connectivity index is 0.000000246. The highest BCUT2D eigenvalue weighted by atomic mass is 16.1. The Kier molecular flexibility index (Phi) is 6.19. The second kappa shape index (κ2) is 8.20. The smallest absolute Gasteiger partial charge is 0.224 e. The molecule has 1 aliphatic heterocycles. The summed E-state index contributed by atoms with van der Waals surface area (Å²) in [5, 5.41) is 2.76. The summed E-state index contributed by atoms with van der Waals surface area (Å²) in [6.45, 7) is 1.71. The number of aldehydes is 1. The minimum absolute atomic E-state index is 0.0475. The van der Waals surface area contributed by atoms with E-state index in [0.29, 0.717) is 12.0 Å². The third-order valence-electron chi connectivity index (χ3n) is 2.48. The lowest BCUT2D eigenvalue weighted by atomic mass is 10.0. The molecule has 20 heavy (non-hydrogen) atoms. The lowest BCUT2D eigenvalue weighted by molar-refractivity contribution is -0.116. The van der Waals surface area contributed by atoms with Gasteiger partial charge in [-0.1, -0.05) is 5.92 Å². The average Bonchev–Trinajstić information content (AvgIpc) is 2.48. The first-order valence-corrected chi connectivity index (χ1v) is 5.96. The van der Waals surface area contributed by atoms with Gasteiger partial charge in [0.15, 0.2) is 0 Å². The van der Waals surface area contributed by atoms with Gasteiger partial charge in [0.25, 0.3) is 0 Å². The van der Waals surface area contributed by atoms with E-state index in [0.717, 1.165) is 24.0 Å². The monoisotopic (exact) mass is 263 g/mol. The van der Waals surface area contributed by atoms with Gasteiger partial charge in [-0.3, -0.25) is 9.59 Å². The van der Waals surface area contributed by atoms with Crippen LogP contribution in [0.3, 0.4) is 0 Å². The van der Waals surface area contributed by atoms with Gasteiger partial charge < -0.3 is 5.32 Å². The van der Waals surface area contributed by atoms with Crippen LogP contribution in [0.2, 0.25) is 0 Å². The van der Waals surface area contributed by atoms with Crippen molar-refractivity contribution in [2.45, 2.75) is 19.8 Å². The predicted octanol–water partition coefficient (Wildman–Crippen LogP) is 2.03. The van der Waals surface area contributed by atoms with Crippen molar-refractivity contribution in [2.24, 2.45) is 0 Å². The fraction of sp³-hybridized carbons (Fsp3) is 0.176. The lowest BCUT2D eigenvalue weighted by Crippen LogP contribution is -2.18. The summed E-state index contributed by atoms with van der Waals surface area (Å²) in [4.78, 5) is 21.5. The molecule has 0 aliphatic carbocycles. The molecule has 1 N–H and O–H groups in total. The number of hydrogen-bond donors (Lipinski definition) is 1. The Hall–Kier alpha value is -2.96. The number of nitrogens with one attached hydrogen (secondary N) is 1. The summed E-state index contributed by atoms with van der Waals surface area (Å²) >= 11 is 0. The Morgan fingerprint density at radius 3 is 2.70 bits per heavy atom. The molecule has 1 heterocycles. The van der Waals surface area contributed by atoms with Gasteiger partial charge in [0, 0.05) is 17.7 Å². The van der Waals surface area contributed by atoms with Gasteiger partial charge in [-0.2, -0.15) is 0 Å². The van der Waals surface area contributed by atoms with Crippen LogP contribution < -0.4 is 5.32 Å². The molecule has 1 aliphatic rings. The summed E-state index contributed by atoms with van der Waals surface area (Å²) < 4.78 is 0. The molecule has 0 radical (unpaired) electrons. The van der Waals surface area contributed by atoms with Crippen molar-refractivity contribution in [2.75, 3.05) is 5.32 Å². The Morgan fingerprint density at radius 1 is 1.25 bits per heavy atom. The molecule has 1 aromatic carbocycles. The van der Waals surface area contributed by atoms with E-state index < -0.39 is 0 Å². The summed E-state index contributed by atoms with van der Waals surface area (Å²) in [5.41, 5.74) is 2.54. The molecular weight excluding hydrogens is 250 g/mol. The van der Waals surface area contributed by atoms with Crippen molar-refractivity contribution in [1.29, 1.82) is 0 Å². The summed E-state index contributed by atoms with van der Waals surface area (Å²) in [6, 6.07) is 5.30. The topological polar surface area (TPSA) is 46.2 Å². The van der Waals surface area contributed by atoms with E-state index in [1.807, 2.05) is 6.07 Å². The number of carbonyl (C=O) groups is 2. The molecule has 1 aromatic rings. The zero-order valence-electron chi connectivity index (χ0n) is 11.1. The fourth-order valence-electron chi connectivity index (χ4n) is 1.61. The van der Waals surface area contributed by atoms with Gasteiger partial charge in [-0.15, -0.1) is 6.42 Å². The van der Waals surface area contributed by atoms with Crippen LogP contribution in [0.4, 0.5) is 5.69 Å². The van der Waals surface area contributed by atoms with Gasteiger partial charge in [0.05, 0.1) is 0 Å².